The summed E-state index contributed by atoms with van der Waals surface area (Å²) in [6.07, 6.45) is 2.26. The van der Waals surface area contributed by atoms with E-state index in [4.69, 9.17) is 0 Å². The molecule has 1 aliphatic heterocycles. The van der Waals surface area contributed by atoms with Gasteiger partial charge in [-0.1, -0.05) is 12.1 Å². The van der Waals surface area contributed by atoms with Crippen LogP contribution in [0.25, 0.3) is 0 Å². The van der Waals surface area contributed by atoms with Gasteiger partial charge in [0.15, 0.2) is 4.90 Å². The van der Waals surface area contributed by atoms with Crippen LogP contribution in [0.5, 0.6) is 0 Å². The molecular formula is C14H15N3O3S. The van der Waals surface area contributed by atoms with Crippen LogP contribution >= 0.6 is 0 Å². The van der Waals surface area contributed by atoms with Gasteiger partial charge in [0.05, 0.1) is 5.69 Å². The van der Waals surface area contributed by atoms with Gasteiger partial charge < -0.3 is 10.3 Å². The number of sulfonamides is 1. The molecule has 3 N–H and O–H groups in total. The Balaban J connectivity index is 2.01. The molecule has 0 aliphatic carbocycles. The van der Waals surface area contributed by atoms with Crippen LogP contribution in [0.3, 0.4) is 0 Å². The van der Waals surface area contributed by atoms with E-state index in [1.807, 2.05) is 12.1 Å². The van der Waals surface area contributed by atoms with Crippen LogP contribution in [-0.4, -0.2) is 19.9 Å². The third-order valence-electron chi connectivity index (χ3n) is 3.46. The maximum atomic E-state index is 12.4. The smallest absolute Gasteiger partial charge is 0.268 e. The van der Waals surface area contributed by atoms with Crippen molar-refractivity contribution < 1.29 is 8.42 Å². The third-order valence-corrected chi connectivity index (χ3v) is 4.85. The Morgan fingerprint density at radius 2 is 2.00 bits per heavy atom. The van der Waals surface area contributed by atoms with E-state index in [2.05, 4.69) is 15.0 Å². The Hall–Kier alpha value is -2.12. The van der Waals surface area contributed by atoms with E-state index in [-0.39, 0.29) is 4.90 Å². The maximum absolute atomic E-state index is 12.4. The van der Waals surface area contributed by atoms with Gasteiger partial charge >= 0.3 is 0 Å². The summed E-state index contributed by atoms with van der Waals surface area (Å²) in [6, 6.07) is 8.29. The van der Waals surface area contributed by atoms with Crippen LogP contribution in [0, 0.1) is 0 Å². The number of hydrogen-bond donors (Lipinski definition) is 3. The summed E-state index contributed by atoms with van der Waals surface area (Å²) in [5, 5.41) is 3.22. The summed E-state index contributed by atoms with van der Waals surface area (Å²) < 4.78 is 27.2. The molecule has 1 aromatic heterocycles. The second-order valence-electron chi connectivity index (χ2n) is 4.84. The Bertz CT molecular complexity index is 827. The quantitative estimate of drug-likeness (QED) is 0.783. The van der Waals surface area contributed by atoms with Gasteiger partial charge in [-0.05, 0) is 42.3 Å². The fraction of sp³-hybridized carbons (Fsp3) is 0.214. The first-order chi connectivity index (χ1) is 10.1. The van der Waals surface area contributed by atoms with E-state index in [0.717, 1.165) is 24.1 Å². The Morgan fingerprint density at radius 1 is 1.14 bits per heavy atom. The van der Waals surface area contributed by atoms with Gasteiger partial charge in [0.1, 0.15) is 0 Å². The highest BCUT2D eigenvalue weighted by Gasteiger charge is 2.21. The monoisotopic (exact) mass is 305 g/mol. The van der Waals surface area contributed by atoms with Crippen molar-refractivity contribution in [1.82, 2.24) is 10.3 Å². The third kappa shape index (κ3) is 2.70. The number of aromatic amines is 1. The molecule has 0 spiro atoms. The van der Waals surface area contributed by atoms with Crippen LogP contribution in [0.15, 0.2) is 46.2 Å². The second kappa shape index (κ2) is 5.34. The van der Waals surface area contributed by atoms with Gasteiger partial charge in [0, 0.05) is 12.7 Å². The standard InChI is InChI=1S/C14H15N3O3S/c18-14-13(5-2-7-16-14)21(19,20)17-12-4-1-3-10-6-8-15-9-11(10)12/h1-5,7,15,17H,6,8-9H2,(H,16,18). The second-order valence-corrected chi connectivity index (χ2v) is 6.49. The number of hydrogen-bond acceptors (Lipinski definition) is 4. The fourth-order valence-corrected chi connectivity index (χ4v) is 3.58. The van der Waals surface area contributed by atoms with E-state index < -0.39 is 15.6 Å². The van der Waals surface area contributed by atoms with Crippen LogP contribution in [0.4, 0.5) is 5.69 Å². The zero-order valence-corrected chi connectivity index (χ0v) is 12.0. The molecule has 0 saturated heterocycles. The number of fused-ring (bicyclic) bond motifs is 1. The van der Waals surface area contributed by atoms with E-state index in [9.17, 15) is 13.2 Å². The zero-order valence-electron chi connectivity index (χ0n) is 11.2. The molecule has 0 fully saturated rings. The highest BCUT2D eigenvalue weighted by Crippen LogP contribution is 2.24. The SMILES string of the molecule is O=c1[nH]cccc1S(=O)(=O)Nc1cccc2c1CNCC2. The van der Waals surface area contributed by atoms with Crippen LogP contribution < -0.4 is 15.6 Å². The van der Waals surface area contributed by atoms with Crippen molar-refractivity contribution in [1.29, 1.82) is 0 Å². The summed E-state index contributed by atoms with van der Waals surface area (Å²) >= 11 is 0. The van der Waals surface area contributed by atoms with Crippen LogP contribution in [0.1, 0.15) is 11.1 Å². The number of pyridine rings is 1. The molecule has 0 unspecified atom stereocenters. The van der Waals surface area contributed by atoms with Gasteiger partial charge in [-0.2, -0.15) is 0 Å². The average Bonchev–Trinajstić information content (AvgIpc) is 2.47. The molecule has 0 saturated carbocycles. The van der Waals surface area contributed by atoms with Crippen LogP contribution in [0.2, 0.25) is 0 Å². The van der Waals surface area contributed by atoms with Crippen molar-refractivity contribution >= 4 is 15.7 Å². The molecular weight excluding hydrogens is 290 g/mol. The molecule has 0 amide bonds. The molecule has 0 radical (unpaired) electrons. The number of H-pyrrole nitrogens is 1. The number of anilines is 1. The first-order valence-corrected chi connectivity index (χ1v) is 8.08. The zero-order chi connectivity index (χ0) is 14.9. The van der Waals surface area contributed by atoms with Gasteiger partial charge in [0.2, 0.25) is 0 Å². The van der Waals surface area contributed by atoms with Crippen molar-refractivity contribution in [3.63, 3.8) is 0 Å². The number of nitrogens with one attached hydrogen (secondary N) is 3. The molecule has 3 rings (SSSR count). The van der Waals surface area contributed by atoms with Gasteiger partial charge in [-0.15, -0.1) is 0 Å². The number of aromatic nitrogens is 1. The molecule has 1 aromatic carbocycles. The molecule has 2 aromatic rings. The first-order valence-electron chi connectivity index (χ1n) is 6.60. The summed E-state index contributed by atoms with van der Waals surface area (Å²) in [5.74, 6) is 0. The first kappa shape index (κ1) is 13.8. The highest BCUT2D eigenvalue weighted by molar-refractivity contribution is 7.92. The minimum absolute atomic E-state index is 0.286. The summed E-state index contributed by atoms with van der Waals surface area (Å²) in [7, 11) is -3.90. The number of benzene rings is 1. The minimum atomic E-state index is -3.90. The molecule has 6 nitrogen and oxygen atoms in total. The largest absolute Gasteiger partial charge is 0.328 e. The van der Waals surface area contributed by atoms with Gasteiger partial charge in [-0.25, -0.2) is 8.42 Å². The van der Waals surface area contributed by atoms with Crippen molar-refractivity contribution in [3.05, 3.63) is 58.0 Å². The van der Waals surface area contributed by atoms with Crippen molar-refractivity contribution in [2.45, 2.75) is 17.9 Å². The predicted molar refractivity (Wildman–Crippen MR) is 79.7 cm³/mol. The topological polar surface area (TPSA) is 91.1 Å². The van der Waals surface area contributed by atoms with Crippen molar-refractivity contribution in [3.8, 4) is 0 Å². The Labute approximate surface area is 122 Å². The van der Waals surface area contributed by atoms with E-state index in [1.165, 1.54) is 18.3 Å². The lowest BCUT2D eigenvalue weighted by atomic mass is 10.00. The lowest BCUT2D eigenvalue weighted by Crippen LogP contribution is -2.27. The molecule has 0 bridgehead atoms. The summed E-state index contributed by atoms with van der Waals surface area (Å²) in [4.78, 5) is 13.7. The molecule has 2 heterocycles. The Kier molecular flexibility index (Phi) is 3.52. The molecule has 0 atom stereocenters. The highest BCUT2D eigenvalue weighted by atomic mass is 32.2. The lowest BCUT2D eigenvalue weighted by Gasteiger charge is -2.20. The van der Waals surface area contributed by atoms with E-state index in [1.54, 1.807) is 6.07 Å². The molecule has 110 valence electrons. The van der Waals surface area contributed by atoms with Gasteiger partial charge in [0.25, 0.3) is 15.6 Å². The van der Waals surface area contributed by atoms with E-state index >= 15 is 0 Å². The predicted octanol–water partition coefficient (Wildman–Crippen LogP) is 0.821. The summed E-state index contributed by atoms with van der Waals surface area (Å²) in [6.45, 7) is 1.49. The maximum Gasteiger partial charge on any atom is 0.268 e. The summed E-state index contributed by atoms with van der Waals surface area (Å²) in [5.41, 5.74) is 1.94. The van der Waals surface area contributed by atoms with Crippen molar-refractivity contribution in [2.24, 2.45) is 0 Å². The Morgan fingerprint density at radius 3 is 2.81 bits per heavy atom. The van der Waals surface area contributed by atoms with Crippen molar-refractivity contribution in [2.75, 3.05) is 11.3 Å². The average molecular weight is 305 g/mol. The molecule has 1 aliphatic rings. The van der Waals surface area contributed by atoms with Gasteiger partial charge in [-0.3, -0.25) is 9.52 Å². The lowest BCUT2D eigenvalue weighted by molar-refractivity contribution is 0.599. The number of rotatable bonds is 3. The minimum Gasteiger partial charge on any atom is -0.328 e. The van der Waals surface area contributed by atoms with E-state index in [0.29, 0.717) is 12.2 Å². The molecule has 21 heavy (non-hydrogen) atoms. The fourth-order valence-electron chi connectivity index (χ4n) is 2.43. The van der Waals surface area contributed by atoms with Crippen LogP contribution in [-0.2, 0) is 23.0 Å². The normalized spacial score (nSPS) is 14.5. The molecule has 7 heteroatoms.